The van der Waals surface area contributed by atoms with Crippen molar-refractivity contribution in [3.63, 3.8) is 0 Å². The van der Waals surface area contributed by atoms with E-state index < -0.39 is 0 Å². The predicted molar refractivity (Wildman–Crippen MR) is 93.0 cm³/mol. The van der Waals surface area contributed by atoms with Crippen LogP contribution in [0.3, 0.4) is 0 Å². The second-order valence-electron chi connectivity index (χ2n) is 6.61. The molecule has 1 fully saturated rings. The van der Waals surface area contributed by atoms with Crippen LogP contribution >= 0.6 is 0 Å². The number of nitrogens with zero attached hydrogens (tertiary/aromatic N) is 1. The largest absolute Gasteiger partial charge is 0.348 e. The fraction of sp³-hybridized carbons (Fsp3) is 0.421. The Kier molecular flexibility index (Phi) is 4.26. The molecule has 1 aliphatic carbocycles. The Morgan fingerprint density at radius 3 is 2.65 bits per heavy atom. The Bertz CT molecular complexity index is 728. The minimum absolute atomic E-state index is 0.0145. The molecule has 1 atom stereocenters. The minimum atomic E-state index is -0.0145. The molecule has 0 bridgehead atoms. The zero-order valence-corrected chi connectivity index (χ0v) is 14.1. The maximum absolute atomic E-state index is 12.7. The van der Waals surface area contributed by atoms with Crippen LogP contribution in [0.15, 0.2) is 30.3 Å². The summed E-state index contributed by atoms with van der Waals surface area (Å²) in [5.74, 6) is 0.545. The van der Waals surface area contributed by atoms with Gasteiger partial charge in [-0.3, -0.25) is 4.79 Å². The molecule has 23 heavy (non-hydrogen) atoms. The fourth-order valence-corrected chi connectivity index (χ4v) is 3.27. The highest BCUT2D eigenvalue weighted by atomic mass is 16.1. The van der Waals surface area contributed by atoms with Gasteiger partial charge in [-0.15, -0.1) is 0 Å². The zero-order chi connectivity index (χ0) is 16.6. The monoisotopic (exact) mass is 311 g/mol. The van der Waals surface area contributed by atoms with Gasteiger partial charge in [0.1, 0.15) is 0 Å². The van der Waals surface area contributed by atoms with Crippen LogP contribution in [0, 0.1) is 26.7 Å². The van der Waals surface area contributed by atoms with Crippen LogP contribution in [0.1, 0.15) is 40.2 Å². The van der Waals surface area contributed by atoms with Gasteiger partial charge in [0.05, 0.1) is 5.56 Å². The van der Waals surface area contributed by atoms with E-state index in [0.29, 0.717) is 12.5 Å². The van der Waals surface area contributed by atoms with Gasteiger partial charge in [-0.25, -0.2) is 0 Å². The van der Waals surface area contributed by atoms with Gasteiger partial charge in [-0.2, -0.15) is 0 Å². The van der Waals surface area contributed by atoms with Crippen molar-refractivity contribution < 1.29 is 4.79 Å². The molecule has 3 N–H and O–H groups in total. The van der Waals surface area contributed by atoms with Crippen LogP contribution in [0.5, 0.6) is 0 Å². The highest BCUT2D eigenvalue weighted by molar-refractivity contribution is 5.96. The summed E-state index contributed by atoms with van der Waals surface area (Å²) in [4.78, 5) is 12.7. The predicted octanol–water partition coefficient (Wildman–Crippen LogP) is 2.87. The molecule has 1 amide bonds. The van der Waals surface area contributed by atoms with Crippen LogP contribution in [0.25, 0.3) is 5.69 Å². The third kappa shape index (κ3) is 3.17. The van der Waals surface area contributed by atoms with Gasteiger partial charge in [0.15, 0.2) is 0 Å². The molecule has 2 aromatic rings. The summed E-state index contributed by atoms with van der Waals surface area (Å²) >= 11 is 0. The van der Waals surface area contributed by atoms with Crippen molar-refractivity contribution in [3.05, 3.63) is 52.8 Å². The second kappa shape index (κ2) is 6.20. The molecule has 1 heterocycles. The Hall–Kier alpha value is -2.07. The normalized spacial score (nSPS) is 15.5. The number of aryl methyl sites for hydroxylation is 2. The molecule has 1 aromatic carbocycles. The first-order valence-electron chi connectivity index (χ1n) is 8.28. The number of nitrogens with two attached hydrogens (primary N) is 1. The average Bonchev–Trinajstić information content (AvgIpc) is 3.30. The van der Waals surface area contributed by atoms with Crippen molar-refractivity contribution >= 4 is 5.91 Å². The minimum Gasteiger partial charge on any atom is -0.348 e. The lowest BCUT2D eigenvalue weighted by Crippen LogP contribution is -2.41. The summed E-state index contributed by atoms with van der Waals surface area (Å²) in [5.41, 5.74) is 10.9. The summed E-state index contributed by atoms with van der Waals surface area (Å²) < 4.78 is 2.14. The van der Waals surface area contributed by atoms with Gasteiger partial charge in [0.2, 0.25) is 0 Å². The number of nitrogens with one attached hydrogen (secondary N) is 1. The maximum Gasteiger partial charge on any atom is 0.253 e. The molecule has 0 radical (unpaired) electrons. The Labute approximate surface area is 137 Å². The summed E-state index contributed by atoms with van der Waals surface area (Å²) in [6.45, 7) is 6.62. The van der Waals surface area contributed by atoms with E-state index in [1.807, 2.05) is 26.0 Å². The number of hydrogen-bond donors (Lipinski definition) is 2. The topological polar surface area (TPSA) is 60.0 Å². The average molecular weight is 311 g/mol. The van der Waals surface area contributed by atoms with Crippen molar-refractivity contribution in [2.45, 2.75) is 39.7 Å². The molecular formula is C19H25N3O. The van der Waals surface area contributed by atoms with Crippen molar-refractivity contribution in [1.29, 1.82) is 0 Å². The first-order chi connectivity index (χ1) is 11.0. The zero-order valence-electron chi connectivity index (χ0n) is 14.1. The highest BCUT2D eigenvalue weighted by Gasteiger charge is 2.32. The fourth-order valence-electron chi connectivity index (χ4n) is 3.27. The smallest absolute Gasteiger partial charge is 0.253 e. The molecule has 0 aliphatic heterocycles. The summed E-state index contributed by atoms with van der Waals surface area (Å²) in [5, 5.41) is 3.11. The van der Waals surface area contributed by atoms with Crippen LogP contribution in [-0.2, 0) is 0 Å². The molecule has 0 saturated heterocycles. The number of amides is 1. The molecule has 4 heteroatoms. The molecule has 1 aliphatic rings. The number of carbonyl (C=O) groups excluding carboxylic acids is 1. The first-order valence-corrected chi connectivity index (χ1v) is 8.28. The molecule has 4 nitrogen and oxygen atoms in total. The molecule has 1 aromatic heterocycles. The Morgan fingerprint density at radius 1 is 1.30 bits per heavy atom. The third-order valence-corrected chi connectivity index (χ3v) is 4.70. The van der Waals surface area contributed by atoms with E-state index in [-0.39, 0.29) is 11.9 Å². The lowest BCUT2D eigenvalue weighted by atomic mass is 10.1. The van der Waals surface area contributed by atoms with Crippen LogP contribution in [0.4, 0.5) is 0 Å². The standard InChI is InChI=1S/C19H25N3O/c1-12-5-4-6-16(9-12)22-13(2)10-17(14(22)3)19(23)21-18(11-20)15-7-8-15/h4-6,9-10,15,18H,7-8,11,20H2,1-3H3,(H,21,23). The van der Waals surface area contributed by atoms with E-state index in [1.165, 1.54) is 18.4 Å². The van der Waals surface area contributed by atoms with E-state index in [1.54, 1.807) is 0 Å². The van der Waals surface area contributed by atoms with Gasteiger partial charge in [0, 0.05) is 29.7 Å². The van der Waals surface area contributed by atoms with Crippen molar-refractivity contribution in [2.75, 3.05) is 6.54 Å². The number of rotatable bonds is 5. The van der Waals surface area contributed by atoms with Crippen molar-refractivity contribution in [3.8, 4) is 5.69 Å². The van der Waals surface area contributed by atoms with E-state index >= 15 is 0 Å². The number of carbonyl (C=O) groups is 1. The lowest BCUT2D eigenvalue weighted by Gasteiger charge is -2.16. The summed E-state index contributed by atoms with van der Waals surface area (Å²) in [6, 6.07) is 10.4. The number of benzene rings is 1. The molecule has 3 rings (SSSR count). The maximum atomic E-state index is 12.7. The Morgan fingerprint density at radius 2 is 2.04 bits per heavy atom. The lowest BCUT2D eigenvalue weighted by molar-refractivity contribution is 0.0933. The van der Waals surface area contributed by atoms with Gasteiger partial charge in [0.25, 0.3) is 5.91 Å². The molecule has 1 saturated carbocycles. The quantitative estimate of drug-likeness (QED) is 0.892. The van der Waals surface area contributed by atoms with Crippen molar-refractivity contribution in [2.24, 2.45) is 11.7 Å². The first kappa shape index (κ1) is 15.8. The molecular weight excluding hydrogens is 286 g/mol. The molecule has 1 unspecified atom stereocenters. The number of hydrogen-bond acceptors (Lipinski definition) is 2. The van der Waals surface area contributed by atoms with Gasteiger partial charge < -0.3 is 15.6 Å². The third-order valence-electron chi connectivity index (χ3n) is 4.70. The molecule has 0 spiro atoms. The van der Waals surface area contributed by atoms with Gasteiger partial charge in [-0.05, 0) is 63.3 Å². The van der Waals surface area contributed by atoms with Crippen LogP contribution in [-0.4, -0.2) is 23.1 Å². The van der Waals surface area contributed by atoms with E-state index in [4.69, 9.17) is 5.73 Å². The second-order valence-corrected chi connectivity index (χ2v) is 6.61. The van der Waals surface area contributed by atoms with E-state index in [2.05, 4.69) is 35.0 Å². The van der Waals surface area contributed by atoms with Crippen LogP contribution < -0.4 is 11.1 Å². The molecule has 122 valence electrons. The number of aromatic nitrogens is 1. The van der Waals surface area contributed by atoms with Crippen LogP contribution in [0.2, 0.25) is 0 Å². The van der Waals surface area contributed by atoms with E-state index in [9.17, 15) is 4.79 Å². The Balaban J connectivity index is 1.89. The van der Waals surface area contributed by atoms with Gasteiger partial charge in [-0.1, -0.05) is 12.1 Å². The summed E-state index contributed by atoms with van der Waals surface area (Å²) in [7, 11) is 0. The highest BCUT2D eigenvalue weighted by Crippen LogP contribution is 2.32. The summed E-state index contributed by atoms with van der Waals surface area (Å²) in [6.07, 6.45) is 2.34. The van der Waals surface area contributed by atoms with Gasteiger partial charge >= 0.3 is 0 Å². The van der Waals surface area contributed by atoms with E-state index in [0.717, 1.165) is 22.6 Å². The van der Waals surface area contributed by atoms with Crippen molar-refractivity contribution in [1.82, 2.24) is 9.88 Å². The SMILES string of the molecule is Cc1cccc(-n2c(C)cc(C(=O)NC(CN)C3CC3)c2C)c1.